The van der Waals surface area contributed by atoms with Gasteiger partial charge in [-0.25, -0.2) is 0 Å². The van der Waals surface area contributed by atoms with Crippen molar-refractivity contribution in [2.45, 2.75) is 26.2 Å². The van der Waals surface area contributed by atoms with Gasteiger partial charge in [-0.05, 0) is 31.0 Å². The van der Waals surface area contributed by atoms with Gasteiger partial charge in [-0.3, -0.25) is 4.79 Å². The Morgan fingerprint density at radius 3 is 2.83 bits per heavy atom. The predicted molar refractivity (Wildman–Crippen MR) is 71.9 cm³/mol. The fourth-order valence-electron chi connectivity index (χ4n) is 1.73. The van der Waals surface area contributed by atoms with Crippen molar-refractivity contribution in [3.8, 4) is 6.07 Å². The second-order valence-corrected chi connectivity index (χ2v) is 4.25. The summed E-state index contributed by atoms with van der Waals surface area (Å²) in [6, 6.07) is 9.04. The molecule has 4 nitrogen and oxygen atoms in total. The highest BCUT2D eigenvalue weighted by Gasteiger charge is 2.09. The molecule has 1 rings (SSSR count). The highest BCUT2D eigenvalue weighted by atomic mass is 16.1. The zero-order valence-electron chi connectivity index (χ0n) is 10.6. The molecule has 1 unspecified atom stereocenters. The number of carbonyl (C=O) groups excluding carboxylic acids is 1. The van der Waals surface area contributed by atoms with E-state index in [0.717, 1.165) is 12.8 Å². The predicted octanol–water partition coefficient (Wildman–Crippen LogP) is 2.26. The number of hydrogen-bond donors (Lipinski definition) is 2. The second-order valence-electron chi connectivity index (χ2n) is 4.25. The molecule has 0 aliphatic carbocycles. The van der Waals surface area contributed by atoms with Crippen LogP contribution in [0.15, 0.2) is 24.3 Å². The number of carbonyl (C=O) groups is 1. The number of nitrogens with zero attached hydrogens (tertiary/aromatic N) is 1. The lowest BCUT2D eigenvalue weighted by Crippen LogP contribution is -2.18. The molecule has 0 bridgehead atoms. The Hall–Kier alpha value is -1.86. The van der Waals surface area contributed by atoms with E-state index in [1.165, 1.54) is 0 Å². The lowest BCUT2D eigenvalue weighted by molar-refractivity contribution is -0.116. The first-order valence-electron chi connectivity index (χ1n) is 6.20. The molecule has 0 aromatic heterocycles. The molecule has 0 saturated carbocycles. The average molecular weight is 245 g/mol. The summed E-state index contributed by atoms with van der Waals surface area (Å²) in [4.78, 5) is 11.8. The zero-order chi connectivity index (χ0) is 13.4. The van der Waals surface area contributed by atoms with Crippen LogP contribution in [0.1, 0.15) is 31.7 Å². The fourth-order valence-corrected chi connectivity index (χ4v) is 1.73. The monoisotopic (exact) mass is 245 g/mol. The van der Waals surface area contributed by atoms with E-state index in [1.807, 2.05) is 0 Å². The van der Waals surface area contributed by atoms with Crippen LogP contribution >= 0.6 is 0 Å². The van der Waals surface area contributed by atoms with Crippen LogP contribution in [0.3, 0.4) is 0 Å². The topological polar surface area (TPSA) is 78.9 Å². The number of nitriles is 1. The van der Waals surface area contributed by atoms with Crippen LogP contribution in [0.25, 0.3) is 0 Å². The summed E-state index contributed by atoms with van der Waals surface area (Å²) in [7, 11) is 0. The van der Waals surface area contributed by atoms with E-state index >= 15 is 0 Å². The third-order valence-electron chi connectivity index (χ3n) is 3.01. The molecule has 1 aromatic rings. The third-order valence-corrected chi connectivity index (χ3v) is 3.01. The van der Waals surface area contributed by atoms with E-state index < -0.39 is 0 Å². The molecule has 0 aliphatic rings. The molecule has 1 amide bonds. The van der Waals surface area contributed by atoms with Gasteiger partial charge in [0.2, 0.25) is 5.91 Å². The number of amides is 1. The van der Waals surface area contributed by atoms with E-state index in [-0.39, 0.29) is 5.91 Å². The van der Waals surface area contributed by atoms with Crippen LogP contribution < -0.4 is 11.1 Å². The average Bonchev–Trinajstić information content (AvgIpc) is 2.40. The normalized spacial score (nSPS) is 11.6. The van der Waals surface area contributed by atoms with E-state index in [2.05, 4.69) is 18.3 Å². The lowest BCUT2D eigenvalue weighted by atomic mass is 10.0. The summed E-state index contributed by atoms with van der Waals surface area (Å²) < 4.78 is 0. The van der Waals surface area contributed by atoms with Gasteiger partial charge in [-0.2, -0.15) is 5.26 Å². The summed E-state index contributed by atoms with van der Waals surface area (Å²) >= 11 is 0. The van der Waals surface area contributed by atoms with Crippen LogP contribution in [-0.2, 0) is 4.79 Å². The number of anilines is 1. The minimum absolute atomic E-state index is 0.0652. The van der Waals surface area contributed by atoms with Crippen LogP contribution in [0, 0.1) is 17.2 Å². The molecule has 1 atom stereocenters. The van der Waals surface area contributed by atoms with Crippen molar-refractivity contribution in [1.82, 2.24) is 0 Å². The first-order chi connectivity index (χ1) is 8.71. The Labute approximate surface area is 108 Å². The van der Waals surface area contributed by atoms with Gasteiger partial charge < -0.3 is 11.1 Å². The molecule has 18 heavy (non-hydrogen) atoms. The van der Waals surface area contributed by atoms with Crippen LogP contribution in [0.2, 0.25) is 0 Å². The molecular formula is C14H19N3O. The van der Waals surface area contributed by atoms with Crippen molar-refractivity contribution in [3.63, 3.8) is 0 Å². The quantitative estimate of drug-likeness (QED) is 0.806. The van der Waals surface area contributed by atoms with E-state index in [1.54, 1.807) is 24.3 Å². The van der Waals surface area contributed by atoms with E-state index in [4.69, 9.17) is 11.0 Å². The van der Waals surface area contributed by atoms with Crippen LogP contribution in [0.4, 0.5) is 5.69 Å². The molecule has 0 fully saturated rings. The number of hydrogen-bond acceptors (Lipinski definition) is 3. The van der Waals surface area contributed by atoms with Gasteiger partial charge in [0.05, 0.1) is 11.3 Å². The maximum absolute atomic E-state index is 11.8. The maximum Gasteiger partial charge on any atom is 0.224 e. The number of benzene rings is 1. The Kier molecular flexibility index (Phi) is 5.89. The van der Waals surface area contributed by atoms with Gasteiger partial charge in [0.25, 0.3) is 0 Å². The Morgan fingerprint density at radius 1 is 1.50 bits per heavy atom. The summed E-state index contributed by atoms with van der Waals surface area (Å²) in [6.45, 7) is 2.68. The van der Waals surface area contributed by atoms with Crippen molar-refractivity contribution in [2.24, 2.45) is 11.7 Å². The Balaban J connectivity index is 2.52. The highest BCUT2D eigenvalue weighted by Crippen LogP contribution is 2.15. The van der Waals surface area contributed by atoms with Gasteiger partial charge in [-0.1, -0.05) is 25.5 Å². The molecule has 3 N–H and O–H groups in total. The molecule has 1 aromatic carbocycles. The molecule has 0 aliphatic heterocycles. The minimum atomic E-state index is -0.0652. The summed E-state index contributed by atoms with van der Waals surface area (Å²) in [5, 5.41) is 11.7. The number of rotatable bonds is 6. The summed E-state index contributed by atoms with van der Waals surface area (Å²) in [5.74, 6) is 0.326. The first kappa shape index (κ1) is 14.2. The first-order valence-corrected chi connectivity index (χ1v) is 6.20. The van der Waals surface area contributed by atoms with Crippen molar-refractivity contribution in [2.75, 3.05) is 11.9 Å². The molecule has 0 radical (unpaired) electrons. The minimum Gasteiger partial charge on any atom is -0.330 e. The van der Waals surface area contributed by atoms with Crippen molar-refractivity contribution >= 4 is 11.6 Å². The van der Waals surface area contributed by atoms with E-state index in [9.17, 15) is 4.79 Å². The summed E-state index contributed by atoms with van der Waals surface area (Å²) in [6.07, 6.45) is 2.21. The van der Waals surface area contributed by atoms with Gasteiger partial charge in [0.1, 0.15) is 6.07 Å². The van der Waals surface area contributed by atoms with Crippen molar-refractivity contribution in [3.05, 3.63) is 29.8 Å². The van der Waals surface area contributed by atoms with Crippen LogP contribution in [-0.4, -0.2) is 12.5 Å². The SMILES string of the molecule is CCC(CN)CCC(=O)Nc1ccccc1C#N. The maximum atomic E-state index is 11.8. The Morgan fingerprint density at radius 2 is 2.22 bits per heavy atom. The molecule has 0 saturated heterocycles. The van der Waals surface area contributed by atoms with E-state index in [0.29, 0.717) is 30.1 Å². The molecule has 4 heteroatoms. The molecule has 96 valence electrons. The number of nitrogens with one attached hydrogen (secondary N) is 1. The Bertz CT molecular complexity index is 433. The molecule has 0 heterocycles. The fraction of sp³-hybridized carbons (Fsp3) is 0.429. The largest absolute Gasteiger partial charge is 0.330 e. The van der Waals surface area contributed by atoms with Crippen LogP contribution in [0.5, 0.6) is 0 Å². The highest BCUT2D eigenvalue weighted by molar-refractivity contribution is 5.92. The molecular weight excluding hydrogens is 226 g/mol. The number of nitrogens with two attached hydrogens (primary N) is 1. The van der Waals surface area contributed by atoms with Gasteiger partial charge >= 0.3 is 0 Å². The lowest BCUT2D eigenvalue weighted by Gasteiger charge is -2.12. The smallest absolute Gasteiger partial charge is 0.224 e. The van der Waals surface area contributed by atoms with Gasteiger partial charge in [-0.15, -0.1) is 0 Å². The van der Waals surface area contributed by atoms with Gasteiger partial charge in [0, 0.05) is 6.42 Å². The van der Waals surface area contributed by atoms with Gasteiger partial charge in [0.15, 0.2) is 0 Å². The third kappa shape index (κ3) is 4.19. The second kappa shape index (κ2) is 7.46. The summed E-state index contributed by atoms with van der Waals surface area (Å²) in [5.41, 5.74) is 6.65. The zero-order valence-corrected chi connectivity index (χ0v) is 10.6. The molecule has 0 spiro atoms. The number of para-hydroxylation sites is 1. The van der Waals surface area contributed by atoms with Crippen molar-refractivity contribution in [1.29, 1.82) is 5.26 Å². The standard InChI is InChI=1S/C14H19N3O/c1-2-11(9-15)7-8-14(18)17-13-6-4-3-5-12(13)10-16/h3-6,11H,2,7-9,15H2,1H3,(H,17,18). The van der Waals surface area contributed by atoms with Crippen molar-refractivity contribution < 1.29 is 4.79 Å².